The van der Waals surface area contributed by atoms with Crippen molar-refractivity contribution in [1.82, 2.24) is 10.3 Å². The lowest BCUT2D eigenvalue weighted by Gasteiger charge is -2.22. The number of nitrogens with zero attached hydrogens (tertiary/aromatic N) is 1. The van der Waals surface area contributed by atoms with Crippen LogP contribution >= 0.6 is 12.2 Å². The Kier molecular flexibility index (Phi) is 5.22. The van der Waals surface area contributed by atoms with Crippen LogP contribution in [-0.2, 0) is 4.79 Å². The summed E-state index contributed by atoms with van der Waals surface area (Å²) in [6.45, 7) is 5.78. The van der Waals surface area contributed by atoms with E-state index in [1.165, 1.54) is 0 Å². The number of hydrogen-bond donors (Lipinski definition) is 2. The van der Waals surface area contributed by atoms with Gasteiger partial charge >= 0.3 is 0 Å². The van der Waals surface area contributed by atoms with Gasteiger partial charge in [0.05, 0.1) is 16.9 Å². The first kappa shape index (κ1) is 14.6. The second-order valence-corrected chi connectivity index (χ2v) is 5.11. The summed E-state index contributed by atoms with van der Waals surface area (Å²) in [6.07, 6.45) is 3.40. The largest absolute Gasteiger partial charge is 0.393 e. The summed E-state index contributed by atoms with van der Waals surface area (Å²) in [5.41, 5.74) is 6.62. The number of thiocarbonyl (C=S) groups is 1. The van der Waals surface area contributed by atoms with E-state index in [2.05, 4.69) is 10.3 Å². The summed E-state index contributed by atoms with van der Waals surface area (Å²) in [7, 11) is 0. The van der Waals surface area contributed by atoms with Gasteiger partial charge in [0, 0.05) is 12.4 Å². The van der Waals surface area contributed by atoms with E-state index in [9.17, 15) is 4.79 Å². The van der Waals surface area contributed by atoms with Crippen LogP contribution in [0.4, 0.5) is 0 Å². The van der Waals surface area contributed by atoms with Crippen molar-refractivity contribution in [2.24, 2.45) is 17.6 Å². The molecular formula is C13H19N3OS. The number of hydrogen-bond acceptors (Lipinski definition) is 3. The highest BCUT2D eigenvalue weighted by Gasteiger charge is 2.26. The Hall–Kier alpha value is -1.49. The number of carbonyl (C=O) groups excluding carboxylic acids is 1. The van der Waals surface area contributed by atoms with Crippen molar-refractivity contribution in [2.45, 2.75) is 26.8 Å². The number of carbonyl (C=O) groups is 1. The summed E-state index contributed by atoms with van der Waals surface area (Å²) < 4.78 is 0. The van der Waals surface area contributed by atoms with Gasteiger partial charge in [-0.25, -0.2) is 0 Å². The molecule has 2 unspecified atom stereocenters. The molecule has 0 aliphatic carbocycles. The fraction of sp³-hybridized carbons (Fsp3) is 0.462. The Morgan fingerprint density at radius 2 is 1.89 bits per heavy atom. The first-order chi connectivity index (χ1) is 8.43. The van der Waals surface area contributed by atoms with Crippen LogP contribution in [0.25, 0.3) is 0 Å². The minimum absolute atomic E-state index is 0.0869. The van der Waals surface area contributed by atoms with Crippen LogP contribution in [0.2, 0.25) is 0 Å². The van der Waals surface area contributed by atoms with Gasteiger partial charge < -0.3 is 11.1 Å². The minimum atomic E-state index is -0.427. The molecule has 0 saturated heterocycles. The van der Waals surface area contributed by atoms with Crippen molar-refractivity contribution >= 4 is 23.1 Å². The molecule has 0 saturated carbocycles. The third-order valence-corrected chi connectivity index (χ3v) is 3.07. The van der Waals surface area contributed by atoms with E-state index in [-0.39, 0.29) is 22.9 Å². The zero-order chi connectivity index (χ0) is 13.7. The van der Waals surface area contributed by atoms with E-state index in [1.54, 1.807) is 12.4 Å². The fourth-order valence-electron chi connectivity index (χ4n) is 1.80. The Labute approximate surface area is 113 Å². The topological polar surface area (TPSA) is 68.0 Å². The molecule has 0 aliphatic rings. The van der Waals surface area contributed by atoms with Crippen molar-refractivity contribution in [3.05, 3.63) is 30.1 Å². The van der Waals surface area contributed by atoms with E-state index in [1.807, 2.05) is 32.9 Å². The van der Waals surface area contributed by atoms with Crippen LogP contribution in [0.15, 0.2) is 24.5 Å². The highest BCUT2D eigenvalue weighted by atomic mass is 32.1. The van der Waals surface area contributed by atoms with Crippen molar-refractivity contribution in [2.75, 3.05) is 0 Å². The molecule has 0 spiro atoms. The van der Waals surface area contributed by atoms with Gasteiger partial charge in [-0.1, -0.05) is 26.1 Å². The predicted octanol–water partition coefficient (Wildman–Crippen LogP) is 1.82. The van der Waals surface area contributed by atoms with Gasteiger partial charge in [-0.15, -0.1) is 0 Å². The molecule has 1 rings (SSSR count). The molecule has 98 valence electrons. The molecule has 0 fully saturated rings. The SMILES string of the molecule is CC(NC(=O)C(C(N)=S)C(C)C)c1ccncc1. The van der Waals surface area contributed by atoms with Crippen molar-refractivity contribution in [3.63, 3.8) is 0 Å². The van der Waals surface area contributed by atoms with E-state index >= 15 is 0 Å². The summed E-state index contributed by atoms with van der Waals surface area (Å²) in [5, 5.41) is 2.92. The molecule has 2 atom stereocenters. The number of rotatable bonds is 5. The highest BCUT2D eigenvalue weighted by molar-refractivity contribution is 7.80. The summed E-state index contributed by atoms with van der Waals surface area (Å²) in [5.74, 6) is -0.460. The summed E-state index contributed by atoms with van der Waals surface area (Å²) >= 11 is 4.95. The second kappa shape index (κ2) is 6.44. The Morgan fingerprint density at radius 1 is 1.33 bits per heavy atom. The van der Waals surface area contributed by atoms with Crippen molar-refractivity contribution in [1.29, 1.82) is 0 Å². The van der Waals surface area contributed by atoms with Crippen LogP contribution < -0.4 is 11.1 Å². The number of aromatic nitrogens is 1. The maximum absolute atomic E-state index is 12.1. The standard InChI is InChI=1S/C13H19N3OS/c1-8(2)11(12(14)18)13(17)16-9(3)10-4-6-15-7-5-10/h4-9,11H,1-3H3,(H2,14,18)(H,16,17). The zero-order valence-electron chi connectivity index (χ0n) is 10.9. The Bertz CT molecular complexity index is 420. The van der Waals surface area contributed by atoms with Gasteiger partial charge in [-0.2, -0.15) is 0 Å². The van der Waals surface area contributed by atoms with Crippen LogP contribution in [0.3, 0.4) is 0 Å². The molecule has 0 radical (unpaired) electrons. The quantitative estimate of drug-likeness (QED) is 0.797. The van der Waals surface area contributed by atoms with Crippen LogP contribution in [0, 0.1) is 11.8 Å². The Balaban J connectivity index is 2.72. The molecular weight excluding hydrogens is 246 g/mol. The normalized spacial score (nSPS) is 14.0. The lowest BCUT2D eigenvalue weighted by atomic mass is 9.94. The van der Waals surface area contributed by atoms with Gasteiger partial charge in [0.25, 0.3) is 0 Å². The molecule has 1 heterocycles. The fourth-order valence-corrected chi connectivity index (χ4v) is 2.18. The summed E-state index contributed by atoms with van der Waals surface area (Å²) in [4.78, 5) is 16.3. The van der Waals surface area contributed by atoms with Gasteiger partial charge in [-0.3, -0.25) is 9.78 Å². The van der Waals surface area contributed by atoms with E-state index in [0.717, 1.165) is 5.56 Å². The minimum Gasteiger partial charge on any atom is -0.393 e. The highest BCUT2D eigenvalue weighted by Crippen LogP contribution is 2.15. The number of nitrogens with one attached hydrogen (secondary N) is 1. The van der Waals surface area contributed by atoms with Gasteiger partial charge in [0.1, 0.15) is 0 Å². The molecule has 1 aromatic heterocycles. The summed E-state index contributed by atoms with van der Waals surface area (Å²) in [6, 6.07) is 3.66. The lowest BCUT2D eigenvalue weighted by Crippen LogP contribution is -2.41. The zero-order valence-corrected chi connectivity index (χ0v) is 11.7. The third-order valence-electron chi connectivity index (χ3n) is 2.82. The van der Waals surface area contributed by atoms with Crippen molar-refractivity contribution < 1.29 is 4.79 Å². The maximum Gasteiger partial charge on any atom is 0.230 e. The first-order valence-electron chi connectivity index (χ1n) is 5.93. The van der Waals surface area contributed by atoms with Crippen LogP contribution in [-0.4, -0.2) is 15.9 Å². The van der Waals surface area contributed by atoms with Crippen LogP contribution in [0.1, 0.15) is 32.4 Å². The van der Waals surface area contributed by atoms with Gasteiger partial charge in [0.15, 0.2) is 0 Å². The molecule has 1 amide bonds. The number of amides is 1. The van der Waals surface area contributed by atoms with Gasteiger partial charge in [0.2, 0.25) is 5.91 Å². The smallest absolute Gasteiger partial charge is 0.230 e. The number of nitrogens with two attached hydrogens (primary N) is 1. The molecule has 0 aromatic carbocycles. The van der Waals surface area contributed by atoms with Crippen LogP contribution in [0.5, 0.6) is 0 Å². The predicted molar refractivity (Wildman–Crippen MR) is 75.9 cm³/mol. The van der Waals surface area contributed by atoms with Crippen molar-refractivity contribution in [3.8, 4) is 0 Å². The molecule has 3 N–H and O–H groups in total. The maximum atomic E-state index is 12.1. The van der Waals surface area contributed by atoms with E-state index < -0.39 is 5.92 Å². The average Bonchev–Trinajstić information content (AvgIpc) is 2.28. The molecule has 1 aromatic rings. The first-order valence-corrected chi connectivity index (χ1v) is 6.34. The third kappa shape index (κ3) is 3.77. The molecule has 0 aliphatic heterocycles. The Morgan fingerprint density at radius 3 is 2.33 bits per heavy atom. The van der Waals surface area contributed by atoms with E-state index in [4.69, 9.17) is 18.0 Å². The molecule has 5 heteroatoms. The molecule has 4 nitrogen and oxygen atoms in total. The average molecular weight is 265 g/mol. The molecule has 0 bridgehead atoms. The lowest BCUT2D eigenvalue weighted by molar-refractivity contribution is -0.124. The number of pyridine rings is 1. The van der Waals surface area contributed by atoms with E-state index in [0.29, 0.717) is 0 Å². The molecule has 18 heavy (non-hydrogen) atoms. The van der Waals surface area contributed by atoms with Gasteiger partial charge in [-0.05, 0) is 30.5 Å². The monoisotopic (exact) mass is 265 g/mol. The second-order valence-electron chi connectivity index (χ2n) is 4.63.